The number of ether oxygens (including phenoxy) is 1. The summed E-state index contributed by atoms with van der Waals surface area (Å²) in [6.07, 6.45) is 5.63. The van der Waals surface area contributed by atoms with Gasteiger partial charge in [0.05, 0.1) is 6.61 Å². The molecule has 0 saturated heterocycles. The summed E-state index contributed by atoms with van der Waals surface area (Å²) in [4.78, 5) is 4.13. The largest absolute Gasteiger partial charge is 0.483 e. The molecule has 0 amide bonds. The van der Waals surface area contributed by atoms with Gasteiger partial charge in [-0.2, -0.15) is 0 Å². The monoisotopic (exact) mass is 201 g/mol. The summed E-state index contributed by atoms with van der Waals surface area (Å²) in [6, 6.07) is 8.50. The van der Waals surface area contributed by atoms with E-state index in [0.717, 1.165) is 12.8 Å². The quantitative estimate of drug-likeness (QED) is 0.544. The summed E-state index contributed by atoms with van der Waals surface area (Å²) in [5.41, 5.74) is 4.07. The van der Waals surface area contributed by atoms with E-state index >= 15 is 0 Å². The van der Waals surface area contributed by atoms with Gasteiger partial charge in [-0.25, -0.2) is 4.99 Å². The molecule has 0 bridgehead atoms. The van der Waals surface area contributed by atoms with Gasteiger partial charge < -0.3 is 4.74 Å². The van der Waals surface area contributed by atoms with Crippen LogP contribution in [0.15, 0.2) is 35.5 Å². The lowest BCUT2D eigenvalue weighted by molar-refractivity contribution is 0.344. The van der Waals surface area contributed by atoms with Gasteiger partial charge in [0, 0.05) is 6.20 Å². The molecule has 1 aliphatic carbocycles. The van der Waals surface area contributed by atoms with Crippen molar-refractivity contribution in [3.8, 4) is 0 Å². The van der Waals surface area contributed by atoms with Gasteiger partial charge >= 0.3 is 0 Å². The Morgan fingerprint density at radius 1 is 1.33 bits per heavy atom. The van der Waals surface area contributed by atoms with E-state index in [0.29, 0.717) is 6.61 Å². The topological polar surface area (TPSA) is 21.6 Å². The lowest BCUT2D eigenvalue weighted by Gasteiger charge is -1.97. The molecular formula is C13H15NO. The zero-order valence-corrected chi connectivity index (χ0v) is 8.94. The Hall–Kier alpha value is -1.57. The highest BCUT2D eigenvalue weighted by Crippen LogP contribution is 2.31. The van der Waals surface area contributed by atoms with Crippen molar-refractivity contribution in [3.05, 3.63) is 41.6 Å². The van der Waals surface area contributed by atoms with Crippen LogP contribution in [0.1, 0.15) is 24.5 Å². The second kappa shape index (κ2) is 4.78. The Morgan fingerprint density at radius 2 is 2.20 bits per heavy atom. The molecule has 0 spiro atoms. The van der Waals surface area contributed by atoms with Crippen LogP contribution in [0, 0.1) is 0 Å². The summed E-state index contributed by atoms with van der Waals surface area (Å²) >= 11 is 0. The van der Waals surface area contributed by atoms with Gasteiger partial charge in [0.2, 0.25) is 0 Å². The van der Waals surface area contributed by atoms with Crippen LogP contribution < -0.4 is 0 Å². The van der Waals surface area contributed by atoms with Crippen LogP contribution >= 0.6 is 0 Å². The molecule has 0 N–H and O–H groups in total. The standard InChI is InChI=1S/C13H15NO/c1-2-15-10-14-9-12-8-7-11-5-3-4-6-13(11)12/h3-6,9-10H,2,7-8H2,1H3/b12-9+,14-10?. The van der Waals surface area contributed by atoms with Gasteiger partial charge in [0.25, 0.3) is 0 Å². The number of hydrogen-bond donors (Lipinski definition) is 0. The fraction of sp³-hybridized carbons (Fsp3) is 0.308. The van der Waals surface area contributed by atoms with Crippen molar-refractivity contribution in [2.75, 3.05) is 6.61 Å². The second-order valence-electron chi connectivity index (χ2n) is 3.52. The van der Waals surface area contributed by atoms with Crippen molar-refractivity contribution in [1.29, 1.82) is 0 Å². The van der Waals surface area contributed by atoms with Gasteiger partial charge in [-0.3, -0.25) is 0 Å². The molecule has 1 aliphatic rings. The van der Waals surface area contributed by atoms with Crippen LogP contribution in [0.3, 0.4) is 0 Å². The fourth-order valence-corrected chi connectivity index (χ4v) is 1.83. The molecule has 0 unspecified atom stereocenters. The maximum absolute atomic E-state index is 5.05. The third-order valence-corrected chi connectivity index (χ3v) is 2.56. The number of rotatable bonds is 3. The first-order chi connectivity index (χ1) is 7.42. The molecule has 15 heavy (non-hydrogen) atoms. The summed E-state index contributed by atoms with van der Waals surface area (Å²) < 4.78 is 5.05. The van der Waals surface area contributed by atoms with Crippen molar-refractivity contribution in [2.24, 2.45) is 4.99 Å². The SMILES string of the molecule is CCOC=N/C=C1\CCc2ccccc21. The van der Waals surface area contributed by atoms with E-state index < -0.39 is 0 Å². The number of nitrogens with zero attached hydrogens (tertiary/aromatic N) is 1. The molecule has 0 aliphatic heterocycles. The number of benzene rings is 1. The first kappa shape index (κ1) is 9.97. The Balaban J connectivity index is 2.13. The van der Waals surface area contributed by atoms with Gasteiger partial charge in [0.1, 0.15) is 0 Å². The first-order valence-corrected chi connectivity index (χ1v) is 5.32. The Morgan fingerprint density at radius 3 is 3.07 bits per heavy atom. The summed E-state index contributed by atoms with van der Waals surface area (Å²) in [7, 11) is 0. The predicted octanol–water partition coefficient (Wildman–Crippen LogP) is 3.04. The highest BCUT2D eigenvalue weighted by atomic mass is 16.5. The minimum Gasteiger partial charge on any atom is -0.483 e. The third kappa shape index (κ3) is 2.27. The highest BCUT2D eigenvalue weighted by Gasteiger charge is 2.14. The molecule has 0 saturated carbocycles. The lowest BCUT2D eigenvalue weighted by atomic mass is 10.1. The summed E-state index contributed by atoms with van der Waals surface area (Å²) in [5, 5.41) is 0. The van der Waals surface area contributed by atoms with E-state index in [2.05, 4.69) is 29.3 Å². The van der Waals surface area contributed by atoms with E-state index in [1.54, 1.807) is 0 Å². The Labute approximate surface area is 90.3 Å². The average molecular weight is 201 g/mol. The van der Waals surface area contributed by atoms with Crippen LogP contribution in [-0.2, 0) is 11.2 Å². The van der Waals surface area contributed by atoms with E-state index in [1.807, 2.05) is 13.1 Å². The lowest BCUT2D eigenvalue weighted by Crippen LogP contribution is -1.83. The molecule has 2 heteroatoms. The van der Waals surface area contributed by atoms with E-state index in [1.165, 1.54) is 23.1 Å². The zero-order chi connectivity index (χ0) is 10.5. The molecule has 1 aromatic carbocycles. The Bertz CT molecular complexity index is 393. The van der Waals surface area contributed by atoms with Gasteiger partial charge in [0.15, 0.2) is 6.40 Å². The minimum atomic E-state index is 0.670. The molecule has 78 valence electrons. The van der Waals surface area contributed by atoms with Crippen molar-refractivity contribution in [2.45, 2.75) is 19.8 Å². The van der Waals surface area contributed by atoms with Crippen molar-refractivity contribution < 1.29 is 4.74 Å². The number of aliphatic imine (C=N–C) groups is 1. The molecule has 1 aromatic rings. The average Bonchev–Trinajstić information content (AvgIpc) is 2.68. The van der Waals surface area contributed by atoms with Crippen molar-refractivity contribution in [3.63, 3.8) is 0 Å². The number of hydrogen-bond acceptors (Lipinski definition) is 2. The summed E-state index contributed by atoms with van der Waals surface area (Å²) in [5.74, 6) is 0. The van der Waals surface area contributed by atoms with Gasteiger partial charge in [-0.1, -0.05) is 24.3 Å². The van der Waals surface area contributed by atoms with Crippen molar-refractivity contribution >= 4 is 12.0 Å². The summed E-state index contributed by atoms with van der Waals surface area (Å²) in [6.45, 7) is 2.62. The molecule has 0 fully saturated rings. The third-order valence-electron chi connectivity index (χ3n) is 2.56. The first-order valence-electron chi connectivity index (χ1n) is 5.32. The normalized spacial score (nSPS) is 17.3. The van der Waals surface area contributed by atoms with E-state index in [9.17, 15) is 0 Å². The second-order valence-corrected chi connectivity index (χ2v) is 3.52. The molecular weight excluding hydrogens is 186 g/mol. The highest BCUT2D eigenvalue weighted by molar-refractivity contribution is 5.73. The van der Waals surface area contributed by atoms with E-state index in [4.69, 9.17) is 4.74 Å². The molecule has 0 radical (unpaired) electrons. The smallest absolute Gasteiger partial charge is 0.173 e. The minimum absolute atomic E-state index is 0.670. The molecule has 0 heterocycles. The number of aryl methyl sites for hydroxylation is 1. The van der Waals surface area contributed by atoms with Crippen LogP contribution in [0.2, 0.25) is 0 Å². The van der Waals surface area contributed by atoms with Crippen molar-refractivity contribution in [1.82, 2.24) is 0 Å². The molecule has 2 nitrogen and oxygen atoms in total. The fourth-order valence-electron chi connectivity index (χ4n) is 1.83. The van der Waals surface area contributed by atoms with Gasteiger partial charge in [-0.05, 0) is 36.5 Å². The van der Waals surface area contributed by atoms with E-state index in [-0.39, 0.29) is 0 Å². The maximum atomic E-state index is 5.05. The van der Waals surface area contributed by atoms with Crippen LogP contribution in [0.5, 0.6) is 0 Å². The molecule has 0 aromatic heterocycles. The maximum Gasteiger partial charge on any atom is 0.173 e. The molecule has 0 atom stereocenters. The Kier molecular flexibility index (Phi) is 3.18. The van der Waals surface area contributed by atoms with Gasteiger partial charge in [-0.15, -0.1) is 0 Å². The van der Waals surface area contributed by atoms with Crippen LogP contribution in [0.25, 0.3) is 5.57 Å². The van der Waals surface area contributed by atoms with Crippen LogP contribution in [0.4, 0.5) is 0 Å². The van der Waals surface area contributed by atoms with Crippen LogP contribution in [-0.4, -0.2) is 13.0 Å². The zero-order valence-electron chi connectivity index (χ0n) is 8.94. The number of fused-ring (bicyclic) bond motifs is 1. The predicted molar refractivity (Wildman–Crippen MR) is 62.9 cm³/mol. The number of allylic oxidation sites excluding steroid dienone is 1. The molecule has 2 rings (SSSR count).